The van der Waals surface area contributed by atoms with Crippen LogP contribution in [0.15, 0.2) is 48.5 Å². The van der Waals surface area contributed by atoms with Crippen molar-refractivity contribution < 1.29 is 14.6 Å². The Hall–Kier alpha value is -2.55. The molecule has 2 rings (SSSR count). The SMILES string of the molecule is COc1ccc(/C=C/c2ccccc2C(=O)O)cc1. The number of rotatable bonds is 4. The molecule has 0 heterocycles. The Morgan fingerprint density at radius 2 is 1.74 bits per heavy atom. The average molecular weight is 254 g/mol. The van der Waals surface area contributed by atoms with Gasteiger partial charge in [0.1, 0.15) is 5.75 Å². The van der Waals surface area contributed by atoms with Crippen LogP contribution in [0.25, 0.3) is 12.2 Å². The first kappa shape index (κ1) is 12.9. The Balaban J connectivity index is 2.24. The average Bonchev–Trinajstić information content (AvgIpc) is 2.46. The van der Waals surface area contributed by atoms with Crippen molar-refractivity contribution in [2.75, 3.05) is 7.11 Å². The molecule has 0 unspecified atom stereocenters. The van der Waals surface area contributed by atoms with Gasteiger partial charge in [-0.25, -0.2) is 4.79 Å². The highest BCUT2D eigenvalue weighted by molar-refractivity contribution is 5.93. The van der Waals surface area contributed by atoms with Crippen molar-refractivity contribution in [3.8, 4) is 5.75 Å². The standard InChI is InChI=1S/C16H14O3/c1-19-14-10-7-12(8-11-14)6-9-13-4-2-3-5-15(13)16(17)18/h2-11H,1H3,(H,17,18)/b9-6+. The third-order valence-electron chi connectivity index (χ3n) is 2.76. The Bertz CT molecular complexity index is 598. The number of benzene rings is 2. The van der Waals surface area contributed by atoms with Gasteiger partial charge in [0.15, 0.2) is 0 Å². The van der Waals surface area contributed by atoms with Crippen molar-refractivity contribution in [3.63, 3.8) is 0 Å². The zero-order valence-electron chi connectivity index (χ0n) is 10.5. The number of carbonyl (C=O) groups is 1. The van der Waals surface area contributed by atoms with E-state index in [9.17, 15) is 4.79 Å². The maximum absolute atomic E-state index is 11.1. The van der Waals surface area contributed by atoms with Crippen molar-refractivity contribution in [1.29, 1.82) is 0 Å². The molecule has 19 heavy (non-hydrogen) atoms. The Kier molecular flexibility index (Phi) is 3.98. The zero-order chi connectivity index (χ0) is 13.7. The van der Waals surface area contributed by atoms with E-state index < -0.39 is 5.97 Å². The van der Waals surface area contributed by atoms with Gasteiger partial charge in [0, 0.05) is 0 Å². The van der Waals surface area contributed by atoms with E-state index in [4.69, 9.17) is 9.84 Å². The lowest BCUT2D eigenvalue weighted by atomic mass is 10.1. The Morgan fingerprint density at radius 1 is 1.05 bits per heavy atom. The minimum Gasteiger partial charge on any atom is -0.497 e. The predicted octanol–water partition coefficient (Wildman–Crippen LogP) is 3.56. The first-order chi connectivity index (χ1) is 9.20. The zero-order valence-corrected chi connectivity index (χ0v) is 10.5. The highest BCUT2D eigenvalue weighted by Crippen LogP contribution is 2.16. The van der Waals surface area contributed by atoms with Crippen LogP contribution >= 0.6 is 0 Å². The summed E-state index contributed by atoms with van der Waals surface area (Å²) in [6.07, 6.45) is 3.67. The van der Waals surface area contributed by atoms with Crippen molar-refractivity contribution in [1.82, 2.24) is 0 Å². The summed E-state index contributed by atoms with van der Waals surface area (Å²) in [5.41, 5.74) is 1.97. The van der Waals surface area contributed by atoms with Crippen molar-refractivity contribution in [2.24, 2.45) is 0 Å². The van der Waals surface area contributed by atoms with E-state index in [0.717, 1.165) is 11.3 Å². The molecule has 0 fully saturated rings. The lowest BCUT2D eigenvalue weighted by Crippen LogP contribution is -1.98. The van der Waals surface area contributed by atoms with Gasteiger partial charge in [0.25, 0.3) is 0 Å². The van der Waals surface area contributed by atoms with Crippen LogP contribution in [0.3, 0.4) is 0 Å². The van der Waals surface area contributed by atoms with Crippen molar-refractivity contribution in [2.45, 2.75) is 0 Å². The van der Waals surface area contributed by atoms with E-state index in [0.29, 0.717) is 11.1 Å². The van der Waals surface area contributed by atoms with Crippen LogP contribution in [0, 0.1) is 0 Å². The van der Waals surface area contributed by atoms with Gasteiger partial charge in [-0.05, 0) is 29.3 Å². The summed E-state index contributed by atoms with van der Waals surface area (Å²) in [7, 11) is 1.62. The normalized spacial score (nSPS) is 10.6. The fraction of sp³-hybridized carbons (Fsp3) is 0.0625. The Morgan fingerprint density at radius 3 is 2.37 bits per heavy atom. The third kappa shape index (κ3) is 3.22. The van der Waals surface area contributed by atoms with E-state index >= 15 is 0 Å². The smallest absolute Gasteiger partial charge is 0.336 e. The number of hydrogen-bond acceptors (Lipinski definition) is 2. The number of methoxy groups -OCH3 is 1. The van der Waals surface area contributed by atoms with E-state index in [2.05, 4.69) is 0 Å². The van der Waals surface area contributed by atoms with E-state index in [1.807, 2.05) is 36.4 Å². The molecule has 0 bridgehead atoms. The maximum atomic E-state index is 11.1. The molecule has 0 amide bonds. The van der Waals surface area contributed by atoms with Gasteiger partial charge in [-0.2, -0.15) is 0 Å². The monoisotopic (exact) mass is 254 g/mol. The minimum absolute atomic E-state index is 0.298. The summed E-state index contributed by atoms with van der Waals surface area (Å²) < 4.78 is 5.08. The summed E-state index contributed by atoms with van der Waals surface area (Å²) in [6.45, 7) is 0. The van der Waals surface area contributed by atoms with E-state index in [-0.39, 0.29) is 0 Å². The second-order valence-corrected chi connectivity index (χ2v) is 4.00. The highest BCUT2D eigenvalue weighted by Gasteiger charge is 2.05. The second kappa shape index (κ2) is 5.87. The molecule has 0 aliphatic rings. The highest BCUT2D eigenvalue weighted by atomic mass is 16.5. The van der Waals surface area contributed by atoms with Gasteiger partial charge < -0.3 is 9.84 Å². The summed E-state index contributed by atoms with van der Waals surface area (Å²) in [6, 6.07) is 14.5. The predicted molar refractivity (Wildman–Crippen MR) is 75.3 cm³/mol. The van der Waals surface area contributed by atoms with E-state index in [1.165, 1.54) is 0 Å². The van der Waals surface area contributed by atoms with Crippen molar-refractivity contribution in [3.05, 3.63) is 65.2 Å². The van der Waals surface area contributed by atoms with Crippen LogP contribution in [0.4, 0.5) is 0 Å². The molecule has 3 heteroatoms. The summed E-state index contributed by atoms with van der Waals surface area (Å²) in [4.78, 5) is 11.1. The molecule has 96 valence electrons. The van der Waals surface area contributed by atoms with Gasteiger partial charge in [-0.1, -0.05) is 42.5 Å². The molecule has 0 radical (unpaired) electrons. The van der Waals surface area contributed by atoms with Crippen LogP contribution in [0.5, 0.6) is 5.75 Å². The maximum Gasteiger partial charge on any atom is 0.336 e. The fourth-order valence-corrected chi connectivity index (χ4v) is 1.74. The summed E-state index contributed by atoms with van der Waals surface area (Å²) in [5, 5.41) is 9.08. The van der Waals surface area contributed by atoms with Gasteiger partial charge in [0.05, 0.1) is 12.7 Å². The first-order valence-electron chi connectivity index (χ1n) is 5.85. The fourth-order valence-electron chi connectivity index (χ4n) is 1.74. The molecule has 1 N–H and O–H groups in total. The second-order valence-electron chi connectivity index (χ2n) is 4.00. The first-order valence-corrected chi connectivity index (χ1v) is 5.85. The van der Waals surface area contributed by atoms with Gasteiger partial charge in [-0.3, -0.25) is 0 Å². The molecule has 2 aromatic carbocycles. The molecule has 0 saturated carbocycles. The number of carboxylic acids is 1. The van der Waals surface area contributed by atoms with Gasteiger partial charge in [-0.15, -0.1) is 0 Å². The summed E-state index contributed by atoms with van der Waals surface area (Å²) >= 11 is 0. The van der Waals surface area contributed by atoms with Gasteiger partial charge in [0.2, 0.25) is 0 Å². The number of hydrogen-bond donors (Lipinski definition) is 1. The molecule has 0 aromatic heterocycles. The topological polar surface area (TPSA) is 46.5 Å². The lowest BCUT2D eigenvalue weighted by Gasteiger charge is -2.01. The molecule has 0 saturated heterocycles. The molecule has 0 spiro atoms. The molecule has 3 nitrogen and oxygen atoms in total. The van der Waals surface area contributed by atoms with Crippen LogP contribution in [0.2, 0.25) is 0 Å². The molecular weight excluding hydrogens is 240 g/mol. The summed E-state index contributed by atoms with van der Waals surface area (Å²) in [5.74, 6) is -0.127. The quantitative estimate of drug-likeness (QED) is 0.848. The van der Waals surface area contributed by atoms with Crippen LogP contribution in [0.1, 0.15) is 21.5 Å². The number of carboxylic acid groups (broad SMARTS) is 1. The van der Waals surface area contributed by atoms with Crippen molar-refractivity contribution >= 4 is 18.1 Å². The van der Waals surface area contributed by atoms with Crippen LogP contribution in [-0.4, -0.2) is 18.2 Å². The van der Waals surface area contributed by atoms with Crippen LogP contribution < -0.4 is 4.74 Å². The molecule has 0 aliphatic carbocycles. The van der Waals surface area contributed by atoms with E-state index in [1.54, 1.807) is 31.4 Å². The Labute approximate surface area is 111 Å². The molecule has 2 aromatic rings. The third-order valence-corrected chi connectivity index (χ3v) is 2.76. The number of aromatic carboxylic acids is 1. The molecular formula is C16H14O3. The molecule has 0 atom stereocenters. The van der Waals surface area contributed by atoms with Crippen LogP contribution in [-0.2, 0) is 0 Å². The largest absolute Gasteiger partial charge is 0.497 e. The molecule has 0 aliphatic heterocycles. The lowest BCUT2D eigenvalue weighted by molar-refractivity contribution is 0.0696. The minimum atomic E-state index is -0.921. The number of ether oxygens (including phenoxy) is 1. The van der Waals surface area contributed by atoms with Gasteiger partial charge >= 0.3 is 5.97 Å².